The molecule has 1 aromatic carbocycles. The maximum atomic E-state index is 13.2. The van der Waals surface area contributed by atoms with E-state index in [0.29, 0.717) is 43.7 Å². The number of nitrogens with zero attached hydrogens (tertiary/aromatic N) is 4. The molecule has 1 aromatic heterocycles. The van der Waals surface area contributed by atoms with Gasteiger partial charge in [0.15, 0.2) is 0 Å². The zero-order valence-corrected chi connectivity index (χ0v) is 14.9. The van der Waals surface area contributed by atoms with Crippen LogP contribution in [0.25, 0.3) is 0 Å². The zero-order valence-electron chi connectivity index (χ0n) is 14.9. The molecule has 3 rings (SSSR count). The zero-order chi connectivity index (χ0) is 18.5. The van der Waals surface area contributed by atoms with Crippen LogP contribution in [0.3, 0.4) is 0 Å². The van der Waals surface area contributed by atoms with Crippen molar-refractivity contribution in [2.24, 2.45) is 0 Å². The summed E-state index contributed by atoms with van der Waals surface area (Å²) in [6, 6.07) is 7.29. The number of aromatic nitrogens is 2. The highest BCUT2D eigenvalue weighted by Crippen LogP contribution is 2.16. The molecule has 1 atom stereocenters. The molecule has 0 radical (unpaired) electrons. The number of carbonyl (C=O) groups is 1. The third kappa shape index (κ3) is 4.26. The molecule has 2 heterocycles. The molecule has 26 heavy (non-hydrogen) atoms. The number of hydrogen-bond acceptors (Lipinski definition) is 6. The van der Waals surface area contributed by atoms with E-state index in [0.717, 1.165) is 0 Å². The number of ether oxygens (including phenoxy) is 1. The molecule has 0 spiro atoms. The average molecular weight is 359 g/mol. The summed E-state index contributed by atoms with van der Waals surface area (Å²) in [7, 11) is 1.57. The van der Waals surface area contributed by atoms with Crippen LogP contribution in [0.15, 0.2) is 36.5 Å². The Balaban J connectivity index is 1.56. The third-order valence-corrected chi connectivity index (χ3v) is 4.44. The van der Waals surface area contributed by atoms with Gasteiger partial charge in [-0.3, -0.25) is 9.69 Å². The van der Waals surface area contributed by atoms with Crippen LogP contribution in [-0.2, 0) is 4.79 Å². The van der Waals surface area contributed by atoms with E-state index in [1.807, 2.05) is 6.92 Å². The number of halogens is 1. The van der Waals surface area contributed by atoms with Crippen LogP contribution in [0.4, 0.5) is 16.0 Å². The number of nitrogens with one attached hydrogen (secondary N) is 1. The third-order valence-electron chi connectivity index (χ3n) is 4.44. The summed E-state index contributed by atoms with van der Waals surface area (Å²) in [5.41, 5.74) is 0.463. The fraction of sp³-hybridized carbons (Fsp3) is 0.389. The van der Waals surface area contributed by atoms with E-state index in [2.05, 4.69) is 25.1 Å². The van der Waals surface area contributed by atoms with Crippen molar-refractivity contribution in [2.75, 3.05) is 43.5 Å². The molecular formula is C18H22FN5O2. The number of benzene rings is 1. The molecule has 1 aliphatic rings. The summed E-state index contributed by atoms with van der Waals surface area (Å²) in [5, 5.41) is 2.76. The lowest BCUT2D eigenvalue weighted by molar-refractivity contribution is -0.120. The van der Waals surface area contributed by atoms with E-state index in [9.17, 15) is 9.18 Å². The average Bonchev–Trinajstić information content (AvgIpc) is 2.67. The monoisotopic (exact) mass is 359 g/mol. The van der Waals surface area contributed by atoms with Gasteiger partial charge in [-0.05, 0) is 25.1 Å². The van der Waals surface area contributed by atoms with Crippen LogP contribution in [0.1, 0.15) is 6.92 Å². The van der Waals surface area contributed by atoms with Gasteiger partial charge in [0.05, 0.1) is 13.2 Å². The largest absolute Gasteiger partial charge is 0.481 e. The minimum atomic E-state index is -0.373. The number of hydrogen-bond donors (Lipinski definition) is 1. The second-order valence-corrected chi connectivity index (χ2v) is 6.10. The molecule has 0 bridgehead atoms. The predicted octanol–water partition coefficient (Wildman–Crippen LogP) is 1.77. The van der Waals surface area contributed by atoms with Crippen LogP contribution in [0.2, 0.25) is 0 Å². The minimum absolute atomic E-state index is 0.151. The summed E-state index contributed by atoms with van der Waals surface area (Å²) >= 11 is 0. The lowest BCUT2D eigenvalue weighted by Gasteiger charge is -2.37. The Morgan fingerprint density at radius 2 is 2.04 bits per heavy atom. The smallest absolute Gasteiger partial charge is 0.241 e. The van der Waals surface area contributed by atoms with Crippen LogP contribution in [0.5, 0.6) is 5.88 Å². The van der Waals surface area contributed by atoms with Crippen LogP contribution >= 0.6 is 0 Å². The van der Waals surface area contributed by atoms with Gasteiger partial charge in [0, 0.05) is 44.1 Å². The first kappa shape index (κ1) is 18.1. The van der Waals surface area contributed by atoms with Crippen LogP contribution in [-0.4, -0.2) is 60.1 Å². The molecule has 1 unspecified atom stereocenters. The van der Waals surface area contributed by atoms with E-state index in [-0.39, 0.29) is 17.8 Å². The quantitative estimate of drug-likeness (QED) is 0.877. The van der Waals surface area contributed by atoms with Crippen molar-refractivity contribution >= 4 is 17.5 Å². The summed E-state index contributed by atoms with van der Waals surface area (Å²) in [4.78, 5) is 25.2. The van der Waals surface area contributed by atoms with Crippen molar-refractivity contribution in [1.29, 1.82) is 0 Å². The highest BCUT2D eigenvalue weighted by atomic mass is 19.1. The fourth-order valence-electron chi connectivity index (χ4n) is 2.89. The summed E-state index contributed by atoms with van der Waals surface area (Å²) in [6.07, 6.45) is 1.67. The van der Waals surface area contributed by atoms with Gasteiger partial charge in [0.2, 0.25) is 17.7 Å². The van der Waals surface area contributed by atoms with Crippen molar-refractivity contribution in [3.05, 3.63) is 42.3 Å². The highest BCUT2D eigenvalue weighted by Gasteiger charge is 2.26. The standard InChI is InChI=1S/C18H22FN5O2/c1-13(17(25)21-15-5-3-4-14(19)12-15)23-8-10-24(11-9-23)18-20-7-6-16(22-18)26-2/h3-7,12-13H,8-11H2,1-2H3,(H,21,25). The number of amides is 1. The minimum Gasteiger partial charge on any atom is -0.481 e. The Labute approximate surface area is 151 Å². The maximum Gasteiger partial charge on any atom is 0.241 e. The van der Waals surface area contributed by atoms with Gasteiger partial charge >= 0.3 is 0 Å². The molecule has 2 aromatic rings. The number of piperazine rings is 1. The second-order valence-electron chi connectivity index (χ2n) is 6.10. The topological polar surface area (TPSA) is 70.6 Å². The first-order valence-corrected chi connectivity index (χ1v) is 8.49. The van der Waals surface area contributed by atoms with Gasteiger partial charge in [-0.15, -0.1) is 0 Å². The van der Waals surface area contributed by atoms with Gasteiger partial charge in [0.1, 0.15) is 5.82 Å². The van der Waals surface area contributed by atoms with Crippen LogP contribution in [0, 0.1) is 5.82 Å². The van der Waals surface area contributed by atoms with E-state index in [1.165, 1.54) is 12.1 Å². The Morgan fingerprint density at radius 3 is 2.73 bits per heavy atom. The summed E-state index contributed by atoms with van der Waals surface area (Å²) in [5.74, 6) is 0.630. The molecule has 1 N–H and O–H groups in total. The van der Waals surface area contributed by atoms with Gasteiger partial charge in [-0.25, -0.2) is 9.37 Å². The molecule has 7 nitrogen and oxygen atoms in total. The van der Waals surface area contributed by atoms with Crippen molar-refractivity contribution in [3.8, 4) is 5.88 Å². The number of rotatable bonds is 5. The van der Waals surface area contributed by atoms with Crippen molar-refractivity contribution in [3.63, 3.8) is 0 Å². The van der Waals surface area contributed by atoms with Crippen molar-refractivity contribution < 1.29 is 13.9 Å². The molecule has 1 saturated heterocycles. The Kier molecular flexibility index (Phi) is 5.62. The molecule has 0 aliphatic carbocycles. The van der Waals surface area contributed by atoms with Crippen molar-refractivity contribution in [1.82, 2.24) is 14.9 Å². The summed E-state index contributed by atoms with van der Waals surface area (Å²) in [6.45, 7) is 4.69. The molecule has 8 heteroatoms. The lowest BCUT2D eigenvalue weighted by atomic mass is 10.2. The van der Waals surface area contributed by atoms with E-state index in [1.54, 1.807) is 31.5 Å². The molecule has 1 aliphatic heterocycles. The lowest BCUT2D eigenvalue weighted by Crippen LogP contribution is -2.53. The van der Waals surface area contributed by atoms with Gasteiger partial charge < -0.3 is 15.0 Å². The van der Waals surface area contributed by atoms with Gasteiger partial charge in [-0.2, -0.15) is 4.98 Å². The first-order chi connectivity index (χ1) is 12.6. The highest BCUT2D eigenvalue weighted by molar-refractivity contribution is 5.94. The summed E-state index contributed by atoms with van der Waals surface area (Å²) < 4.78 is 18.4. The molecular weight excluding hydrogens is 337 g/mol. The van der Waals surface area contributed by atoms with Gasteiger partial charge in [-0.1, -0.05) is 6.07 Å². The van der Waals surface area contributed by atoms with Gasteiger partial charge in [0.25, 0.3) is 0 Å². The predicted molar refractivity (Wildman–Crippen MR) is 96.9 cm³/mol. The number of methoxy groups -OCH3 is 1. The van der Waals surface area contributed by atoms with E-state index >= 15 is 0 Å². The Morgan fingerprint density at radius 1 is 1.27 bits per heavy atom. The molecule has 138 valence electrons. The first-order valence-electron chi connectivity index (χ1n) is 8.49. The second kappa shape index (κ2) is 8.09. The molecule has 1 amide bonds. The number of anilines is 2. The normalized spacial score (nSPS) is 16.2. The number of carbonyl (C=O) groups excluding carboxylic acids is 1. The van der Waals surface area contributed by atoms with Crippen LogP contribution < -0.4 is 15.0 Å². The fourth-order valence-corrected chi connectivity index (χ4v) is 2.89. The Hall–Kier alpha value is -2.74. The van der Waals surface area contributed by atoms with Crippen molar-refractivity contribution in [2.45, 2.75) is 13.0 Å². The maximum absolute atomic E-state index is 13.2. The molecule has 1 fully saturated rings. The van der Waals surface area contributed by atoms with E-state index < -0.39 is 0 Å². The SMILES string of the molecule is COc1ccnc(N2CCN(C(C)C(=O)Nc3cccc(F)c3)CC2)n1. The Bertz CT molecular complexity index is 765. The molecule has 0 saturated carbocycles. The van der Waals surface area contributed by atoms with E-state index in [4.69, 9.17) is 4.74 Å².